The second-order valence-electron chi connectivity index (χ2n) is 4.98. The van der Waals surface area contributed by atoms with Gasteiger partial charge in [-0.2, -0.15) is 0 Å². The van der Waals surface area contributed by atoms with Crippen molar-refractivity contribution in [2.45, 2.75) is 25.8 Å². The molecule has 1 rings (SSSR count). The lowest BCUT2D eigenvalue weighted by atomic mass is 10.0. The molecule has 0 saturated heterocycles. The monoisotopic (exact) mass is 329 g/mol. The molecule has 4 nitrogen and oxygen atoms in total. The maximum absolute atomic E-state index is 11.9. The van der Waals surface area contributed by atoms with Gasteiger partial charge in [-0.25, -0.2) is 0 Å². The molecule has 0 heterocycles. The highest BCUT2D eigenvalue weighted by atomic mass is 79.9. The minimum atomic E-state index is -0.547. The Morgan fingerprint density at radius 3 is 2.47 bits per heavy atom. The van der Waals surface area contributed by atoms with Gasteiger partial charge in [0.1, 0.15) is 5.75 Å². The lowest BCUT2D eigenvalue weighted by Gasteiger charge is -2.34. The van der Waals surface area contributed by atoms with Crippen LogP contribution in [0.25, 0.3) is 0 Å². The van der Waals surface area contributed by atoms with E-state index in [0.717, 1.165) is 10.2 Å². The second kappa shape index (κ2) is 6.91. The number of ether oxygens (including phenoxy) is 1. The Bertz CT molecular complexity index is 417. The van der Waals surface area contributed by atoms with Gasteiger partial charge in [-0.15, -0.1) is 0 Å². The SMILES string of the molecule is CN(C(=O)CCOc1ccc(Br)cc1)C(C)(C)CO. The fourth-order valence-corrected chi connectivity index (χ4v) is 1.66. The number of carbonyl (C=O) groups is 1. The van der Waals surface area contributed by atoms with Crippen molar-refractivity contribution < 1.29 is 14.6 Å². The molecular formula is C14H20BrNO3. The van der Waals surface area contributed by atoms with Crippen LogP contribution in [-0.2, 0) is 4.79 Å². The summed E-state index contributed by atoms with van der Waals surface area (Å²) in [7, 11) is 1.69. The average molecular weight is 330 g/mol. The fourth-order valence-electron chi connectivity index (χ4n) is 1.40. The third-order valence-corrected chi connectivity index (χ3v) is 3.60. The number of nitrogens with zero attached hydrogens (tertiary/aromatic N) is 1. The summed E-state index contributed by atoms with van der Waals surface area (Å²) in [6, 6.07) is 7.46. The van der Waals surface area contributed by atoms with Crippen molar-refractivity contribution in [2.24, 2.45) is 0 Å². The molecule has 19 heavy (non-hydrogen) atoms. The first-order valence-corrected chi connectivity index (χ1v) is 6.92. The van der Waals surface area contributed by atoms with Crippen LogP contribution in [0.2, 0.25) is 0 Å². The molecule has 1 aromatic carbocycles. The predicted molar refractivity (Wildman–Crippen MR) is 78.2 cm³/mol. The lowest BCUT2D eigenvalue weighted by molar-refractivity contribution is -0.136. The van der Waals surface area contributed by atoms with Gasteiger partial charge in [0.25, 0.3) is 0 Å². The average Bonchev–Trinajstić information content (AvgIpc) is 2.40. The summed E-state index contributed by atoms with van der Waals surface area (Å²) in [6.07, 6.45) is 0.288. The van der Waals surface area contributed by atoms with Crippen LogP contribution in [0.5, 0.6) is 5.75 Å². The van der Waals surface area contributed by atoms with Crippen LogP contribution in [0.3, 0.4) is 0 Å². The molecule has 0 saturated carbocycles. The number of benzene rings is 1. The molecule has 0 aromatic heterocycles. The Labute approximate surface area is 122 Å². The molecule has 0 atom stereocenters. The summed E-state index contributed by atoms with van der Waals surface area (Å²) in [6.45, 7) is 3.90. The highest BCUT2D eigenvalue weighted by molar-refractivity contribution is 9.10. The van der Waals surface area contributed by atoms with Crippen molar-refractivity contribution in [3.05, 3.63) is 28.7 Å². The fraction of sp³-hybridized carbons (Fsp3) is 0.500. The third-order valence-electron chi connectivity index (χ3n) is 3.07. The number of carbonyl (C=O) groups excluding carboxylic acids is 1. The molecule has 5 heteroatoms. The zero-order valence-corrected chi connectivity index (χ0v) is 13.1. The smallest absolute Gasteiger partial charge is 0.226 e. The number of rotatable bonds is 6. The summed E-state index contributed by atoms with van der Waals surface area (Å²) in [5, 5.41) is 9.21. The van der Waals surface area contributed by atoms with Crippen LogP contribution in [0.15, 0.2) is 28.7 Å². The van der Waals surface area contributed by atoms with Crippen molar-refractivity contribution in [1.82, 2.24) is 4.90 Å². The standard InChI is InChI=1S/C14H20BrNO3/c1-14(2,10-17)16(3)13(18)8-9-19-12-6-4-11(15)5-7-12/h4-7,17H,8-10H2,1-3H3. The maximum Gasteiger partial charge on any atom is 0.226 e. The Morgan fingerprint density at radius 1 is 1.37 bits per heavy atom. The Kier molecular flexibility index (Phi) is 5.82. The van der Waals surface area contributed by atoms with Crippen LogP contribution >= 0.6 is 15.9 Å². The van der Waals surface area contributed by atoms with Gasteiger partial charge in [0, 0.05) is 11.5 Å². The van der Waals surface area contributed by atoms with Crippen molar-refractivity contribution in [1.29, 1.82) is 0 Å². The first-order valence-electron chi connectivity index (χ1n) is 6.13. The summed E-state index contributed by atoms with van der Waals surface area (Å²) >= 11 is 3.35. The minimum Gasteiger partial charge on any atom is -0.493 e. The van der Waals surface area contributed by atoms with Crippen LogP contribution < -0.4 is 4.74 Å². The number of halogens is 1. The van der Waals surface area contributed by atoms with E-state index in [4.69, 9.17) is 4.74 Å². The van der Waals surface area contributed by atoms with Crippen LogP contribution in [-0.4, -0.2) is 41.7 Å². The Hall–Kier alpha value is -1.07. The number of hydrogen-bond donors (Lipinski definition) is 1. The molecule has 0 aliphatic heterocycles. The normalized spacial score (nSPS) is 11.2. The molecule has 0 bridgehead atoms. The van der Waals surface area contributed by atoms with Gasteiger partial charge in [0.2, 0.25) is 5.91 Å². The van der Waals surface area contributed by atoms with E-state index in [-0.39, 0.29) is 18.9 Å². The minimum absolute atomic E-state index is 0.0452. The molecule has 1 amide bonds. The molecule has 0 spiro atoms. The second-order valence-corrected chi connectivity index (χ2v) is 5.89. The molecule has 1 N–H and O–H groups in total. The summed E-state index contributed by atoms with van der Waals surface area (Å²) in [4.78, 5) is 13.5. The van der Waals surface area contributed by atoms with E-state index in [9.17, 15) is 9.90 Å². The van der Waals surface area contributed by atoms with Gasteiger partial charge in [-0.05, 0) is 38.1 Å². The van der Waals surface area contributed by atoms with Gasteiger partial charge in [-0.1, -0.05) is 15.9 Å². The van der Waals surface area contributed by atoms with Gasteiger partial charge in [-0.3, -0.25) is 4.79 Å². The first kappa shape index (κ1) is 16.0. The topological polar surface area (TPSA) is 49.8 Å². The highest BCUT2D eigenvalue weighted by Crippen LogP contribution is 2.17. The summed E-state index contributed by atoms with van der Waals surface area (Å²) in [5.41, 5.74) is -0.547. The van der Waals surface area contributed by atoms with E-state index in [2.05, 4.69) is 15.9 Å². The van der Waals surface area contributed by atoms with Crippen molar-refractivity contribution in [3.63, 3.8) is 0 Å². The van der Waals surface area contributed by atoms with Crippen molar-refractivity contribution in [2.75, 3.05) is 20.3 Å². The van der Waals surface area contributed by atoms with Crippen molar-refractivity contribution >= 4 is 21.8 Å². The van der Waals surface area contributed by atoms with Gasteiger partial charge >= 0.3 is 0 Å². The number of aliphatic hydroxyl groups is 1. The van der Waals surface area contributed by atoms with Gasteiger partial charge < -0.3 is 14.7 Å². The summed E-state index contributed by atoms with van der Waals surface area (Å²) < 4.78 is 6.48. The quantitative estimate of drug-likeness (QED) is 0.872. The highest BCUT2D eigenvalue weighted by Gasteiger charge is 2.26. The molecule has 0 unspecified atom stereocenters. The molecule has 0 aliphatic carbocycles. The number of likely N-dealkylation sites (N-methyl/N-ethyl adjacent to an activating group) is 1. The molecule has 0 radical (unpaired) electrons. The molecule has 0 fully saturated rings. The van der Waals surface area contributed by atoms with E-state index in [1.807, 2.05) is 38.1 Å². The van der Waals surface area contributed by atoms with E-state index in [0.29, 0.717) is 6.61 Å². The van der Waals surface area contributed by atoms with Gasteiger partial charge in [0.15, 0.2) is 0 Å². The number of amides is 1. The zero-order valence-electron chi connectivity index (χ0n) is 11.5. The number of aliphatic hydroxyl groups excluding tert-OH is 1. The Morgan fingerprint density at radius 2 is 1.95 bits per heavy atom. The number of hydrogen-bond acceptors (Lipinski definition) is 3. The molecule has 1 aromatic rings. The molecule has 106 valence electrons. The Balaban J connectivity index is 2.41. The molecule has 0 aliphatic rings. The van der Waals surface area contributed by atoms with E-state index in [1.165, 1.54) is 0 Å². The zero-order chi connectivity index (χ0) is 14.5. The first-order chi connectivity index (χ1) is 8.86. The molecular weight excluding hydrogens is 310 g/mol. The lowest BCUT2D eigenvalue weighted by Crippen LogP contribution is -2.47. The van der Waals surface area contributed by atoms with Crippen LogP contribution in [0.4, 0.5) is 0 Å². The summed E-state index contributed by atoms with van der Waals surface area (Å²) in [5.74, 6) is 0.691. The maximum atomic E-state index is 11.9. The third kappa shape index (κ3) is 4.84. The van der Waals surface area contributed by atoms with E-state index < -0.39 is 5.54 Å². The predicted octanol–water partition coefficient (Wildman–Crippen LogP) is 2.45. The van der Waals surface area contributed by atoms with Gasteiger partial charge in [0.05, 0.1) is 25.2 Å². The van der Waals surface area contributed by atoms with E-state index in [1.54, 1.807) is 11.9 Å². The van der Waals surface area contributed by atoms with E-state index >= 15 is 0 Å². The largest absolute Gasteiger partial charge is 0.493 e. The van der Waals surface area contributed by atoms with Crippen LogP contribution in [0.1, 0.15) is 20.3 Å². The van der Waals surface area contributed by atoms with Crippen molar-refractivity contribution in [3.8, 4) is 5.75 Å². The van der Waals surface area contributed by atoms with Crippen LogP contribution in [0, 0.1) is 0 Å².